The summed E-state index contributed by atoms with van der Waals surface area (Å²) in [5.41, 5.74) is 1.61. The second-order valence-electron chi connectivity index (χ2n) is 4.78. The minimum atomic E-state index is -1.57. The highest BCUT2D eigenvalue weighted by Crippen LogP contribution is 2.31. The maximum Gasteiger partial charge on any atom is 0.341 e. The van der Waals surface area contributed by atoms with E-state index in [4.69, 9.17) is 9.47 Å². The minimum absolute atomic E-state index is 0.308. The van der Waals surface area contributed by atoms with Gasteiger partial charge in [-0.2, -0.15) is 0 Å². The van der Waals surface area contributed by atoms with E-state index in [2.05, 4.69) is 11.8 Å². The predicted octanol–water partition coefficient (Wildman–Crippen LogP) is 3.02. The minimum Gasteiger partial charge on any atom is -0.444 e. The molecule has 0 saturated carbocycles. The molecule has 0 aliphatic carbocycles. The van der Waals surface area contributed by atoms with Crippen LogP contribution >= 0.6 is 0 Å². The van der Waals surface area contributed by atoms with Crippen LogP contribution in [0.15, 0.2) is 66.7 Å². The number of ether oxygens (including phenoxy) is 2. The standard InChI is InChI=1S/C19H14O3/c1-21-19(13-12-15-8-4-2-5-9-15)18(20)14-17(22-19)16-10-6-3-7-11-16/h2-11,14H,1H3/t19-/m1/s1. The third-order valence-electron chi connectivity index (χ3n) is 3.33. The third kappa shape index (κ3) is 2.65. The van der Waals surface area contributed by atoms with Gasteiger partial charge in [0.15, 0.2) is 0 Å². The Hall–Kier alpha value is -2.83. The van der Waals surface area contributed by atoms with Crippen LogP contribution in [-0.2, 0) is 14.3 Å². The van der Waals surface area contributed by atoms with Crippen LogP contribution in [0.5, 0.6) is 0 Å². The van der Waals surface area contributed by atoms with Gasteiger partial charge in [0.25, 0.3) is 0 Å². The van der Waals surface area contributed by atoms with Crippen molar-refractivity contribution < 1.29 is 14.3 Å². The van der Waals surface area contributed by atoms with E-state index in [1.54, 1.807) is 0 Å². The molecule has 0 amide bonds. The number of carbonyl (C=O) groups excluding carboxylic acids is 1. The molecule has 0 spiro atoms. The van der Waals surface area contributed by atoms with Gasteiger partial charge in [0.2, 0.25) is 5.78 Å². The van der Waals surface area contributed by atoms with Crippen molar-refractivity contribution in [2.45, 2.75) is 5.79 Å². The molecule has 2 aromatic carbocycles. The topological polar surface area (TPSA) is 35.5 Å². The molecule has 1 atom stereocenters. The Balaban J connectivity index is 1.90. The summed E-state index contributed by atoms with van der Waals surface area (Å²) in [6.07, 6.45) is 1.43. The number of carbonyl (C=O) groups is 1. The molecule has 0 fully saturated rings. The van der Waals surface area contributed by atoms with Gasteiger partial charge in [0.1, 0.15) is 5.76 Å². The van der Waals surface area contributed by atoms with Gasteiger partial charge >= 0.3 is 5.79 Å². The van der Waals surface area contributed by atoms with Gasteiger partial charge in [0, 0.05) is 24.3 Å². The van der Waals surface area contributed by atoms with Crippen LogP contribution in [0, 0.1) is 11.8 Å². The van der Waals surface area contributed by atoms with E-state index >= 15 is 0 Å². The second-order valence-corrected chi connectivity index (χ2v) is 4.78. The number of hydrogen-bond acceptors (Lipinski definition) is 3. The highest BCUT2D eigenvalue weighted by atomic mass is 16.7. The lowest BCUT2D eigenvalue weighted by atomic mass is 10.1. The highest BCUT2D eigenvalue weighted by Gasteiger charge is 2.44. The van der Waals surface area contributed by atoms with E-state index in [9.17, 15) is 4.79 Å². The van der Waals surface area contributed by atoms with Gasteiger partial charge in [-0.3, -0.25) is 4.79 Å². The molecule has 1 aliphatic rings. The van der Waals surface area contributed by atoms with Crippen LogP contribution in [0.4, 0.5) is 0 Å². The molecule has 0 saturated heterocycles. The van der Waals surface area contributed by atoms with Crippen molar-refractivity contribution in [3.63, 3.8) is 0 Å². The maximum atomic E-state index is 12.3. The number of benzene rings is 2. The van der Waals surface area contributed by atoms with E-state index < -0.39 is 5.79 Å². The summed E-state index contributed by atoms with van der Waals surface area (Å²) >= 11 is 0. The highest BCUT2D eigenvalue weighted by molar-refractivity contribution is 6.06. The Morgan fingerprint density at radius 1 is 1.00 bits per heavy atom. The first-order chi connectivity index (χ1) is 10.7. The summed E-state index contributed by atoms with van der Waals surface area (Å²) < 4.78 is 11.0. The van der Waals surface area contributed by atoms with E-state index in [0.717, 1.165) is 11.1 Å². The quantitative estimate of drug-likeness (QED) is 0.798. The fourth-order valence-electron chi connectivity index (χ4n) is 2.15. The van der Waals surface area contributed by atoms with Crippen molar-refractivity contribution in [2.24, 2.45) is 0 Å². The molecule has 0 radical (unpaired) electrons. The first-order valence-corrected chi connectivity index (χ1v) is 6.87. The van der Waals surface area contributed by atoms with Gasteiger partial charge in [-0.15, -0.1) is 0 Å². The lowest BCUT2D eigenvalue weighted by molar-refractivity contribution is -0.159. The summed E-state index contributed by atoms with van der Waals surface area (Å²) in [4.78, 5) is 12.3. The molecular formula is C19H14O3. The van der Waals surface area contributed by atoms with E-state index in [-0.39, 0.29) is 5.78 Å². The Kier molecular flexibility index (Phi) is 3.78. The molecule has 0 N–H and O–H groups in total. The van der Waals surface area contributed by atoms with Crippen LogP contribution in [0.2, 0.25) is 0 Å². The molecule has 0 unspecified atom stereocenters. The first kappa shape index (κ1) is 14.1. The normalized spacial score (nSPS) is 19.9. The predicted molar refractivity (Wildman–Crippen MR) is 83.6 cm³/mol. The van der Waals surface area contributed by atoms with Gasteiger partial charge in [-0.1, -0.05) is 54.5 Å². The molecule has 1 aliphatic heterocycles. The molecule has 2 aromatic rings. The number of ketones is 1. The number of methoxy groups -OCH3 is 1. The van der Waals surface area contributed by atoms with Crippen molar-refractivity contribution in [3.05, 3.63) is 77.9 Å². The van der Waals surface area contributed by atoms with Crippen molar-refractivity contribution >= 4 is 11.5 Å². The average molecular weight is 290 g/mol. The van der Waals surface area contributed by atoms with E-state index in [1.807, 2.05) is 60.7 Å². The maximum absolute atomic E-state index is 12.3. The van der Waals surface area contributed by atoms with Crippen LogP contribution in [0.3, 0.4) is 0 Å². The molecule has 0 bridgehead atoms. The molecule has 3 rings (SSSR count). The van der Waals surface area contributed by atoms with E-state index in [0.29, 0.717) is 5.76 Å². The molecule has 0 aromatic heterocycles. The lowest BCUT2D eigenvalue weighted by Gasteiger charge is -2.20. The average Bonchev–Trinajstić information content (AvgIpc) is 2.92. The van der Waals surface area contributed by atoms with Gasteiger partial charge < -0.3 is 9.47 Å². The zero-order valence-electron chi connectivity index (χ0n) is 12.1. The Bertz CT molecular complexity index is 767. The summed E-state index contributed by atoms with van der Waals surface area (Å²) in [6, 6.07) is 18.8. The second kappa shape index (κ2) is 5.88. The van der Waals surface area contributed by atoms with Gasteiger partial charge in [-0.05, 0) is 18.1 Å². The van der Waals surface area contributed by atoms with E-state index in [1.165, 1.54) is 13.2 Å². The molecule has 1 heterocycles. The molecule has 3 nitrogen and oxygen atoms in total. The van der Waals surface area contributed by atoms with Crippen LogP contribution in [-0.4, -0.2) is 18.7 Å². The third-order valence-corrected chi connectivity index (χ3v) is 3.33. The van der Waals surface area contributed by atoms with Crippen molar-refractivity contribution in [2.75, 3.05) is 7.11 Å². The van der Waals surface area contributed by atoms with Gasteiger partial charge in [-0.25, -0.2) is 0 Å². The molecule has 3 heteroatoms. The van der Waals surface area contributed by atoms with Crippen LogP contribution in [0.25, 0.3) is 5.76 Å². The number of hydrogen-bond donors (Lipinski definition) is 0. The largest absolute Gasteiger partial charge is 0.444 e. The van der Waals surface area contributed by atoms with Crippen LogP contribution < -0.4 is 0 Å². The fourth-order valence-corrected chi connectivity index (χ4v) is 2.15. The smallest absolute Gasteiger partial charge is 0.341 e. The monoisotopic (exact) mass is 290 g/mol. The number of rotatable bonds is 2. The first-order valence-electron chi connectivity index (χ1n) is 6.87. The molecule has 22 heavy (non-hydrogen) atoms. The summed E-state index contributed by atoms with van der Waals surface area (Å²) in [6.45, 7) is 0. The Morgan fingerprint density at radius 2 is 1.64 bits per heavy atom. The van der Waals surface area contributed by atoms with Crippen molar-refractivity contribution in [1.82, 2.24) is 0 Å². The zero-order chi connectivity index (χ0) is 15.4. The fraction of sp³-hybridized carbons (Fsp3) is 0.105. The van der Waals surface area contributed by atoms with Crippen molar-refractivity contribution in [3.8, 4) is 11.8 Å². The molecular weight excluding hydrogens is 276 g/mol. The summed E-state index contributed by atoms with van der Waals surface area (Å²) in [5, 5.41) is 0. The Morgan fingerprint density at radius 3 is 2.27 bits per heavy atom. The SMILES string of the molecule is CO[C@]1(C#Cc2ccccc2)OC(c2ccccc2)=CC1=O. The van der Waals surface area contributed by atoms with Crippen molar-refractivity contribution in [1.29, 1.82) is 0 Å². The summed E-state index contributed by atoms with van der Waals surface area (Å²) in [7, 11) is 1.42. The zero-order valence-corrected chi connectivity index (χ0v) is 12.1. The Labute approximate surface area is 129 Å². The van der Waals surface area contributed by atoms with Crippen LogP contribution in [0.1, 0.15) is 11.1 Å². The summed E-state index contributed by atoms with van der Waals surface area (Å²) in [5.74, 6) is 4.33. The lowest BCUT2D eigenvalue weighted by Crippen LogP contribution is -2.37. The van der Waals surface area contributed by atoms with Gasteiger partial charge in [0.05, 0.1) is 0 Å². The molecule has 108 valence electrons.